The van der Waals surface area contributed by atoms with Crippen LogP contribution >= 0.6 is 10.7 Å². The van der Waals surface area contributed by atoms with Gasteiger partial charge in [-0.2, -0.15) is 0 Å². The van der Waals surface area contributed by atoms with E-state index in [1.54, 1.807) is 6.07 Å². The fourth-order valence-corrected chi connectivity index (χ4v) is 2.90. The maximum atomic E-state index is 11.5. The minimum absolute atomic E-state index is 0.0909. The summed E-state index contributed by atoms with van der Waals surface area (Å²) in [5.41, 5.74) is 0.740. The van der Waals surface area contributed by atoms with Crippen LogP contribution in [-0.4, -0.2) is 33.7 Å². The summed E-state index contributed by atoms with van der Waals surface area (Å²) in [6.45, 7) is 0. The lowest BCUT2D eigenvalue weighted by molar-refractivity contribution is -0.137. The van der Waals surface area contributed by atoms with Crippen molar-refractivity contribution < 1.29 is 27.8 Å². The first-order chi connectivity index (χ1) is 9.79. The number of unbranched alkanes of at least 4 members (excludes halogenated alkanes) is 1. The van der Waals surface area contributed by atoms with E-state index in [9.17, 15) is 13.2 Å². The monoisotopic (exact) mass is 336 g/mol. The van der Waals surface area contributed by atoms with E-state index in [1.807, 2.05) is 0 Å². The van der Waals surface area contributed by atoms with E-state index in [-0.39, 0.29) is 17.1 Å². The maximum Gasteiger partial charge on any atom is 0.303 e. The fourth-order valence-electron chi connectivity index (χ4n) is 1.91. The molecule has 0 spiro atoms. The molecule has 0 aliphatic carbocycles. The van der Waals surface area contributed by atoms with E-state index in [1.165, 1.54) is 20.3 Å². The highest BCUT2D eigenvalue weighted by atomic mass is 35.7. The van der Waals surface area contributed by atoms with Gasteiger partial charge >= 0.3 is 5.97 Å². The topological polar surface area (TPSA) is 89.9 Å². The van der Waals surface area contributed by atoms with Crippen LogP contribution in [0.4, 0.5) is 0 Å². The Bertz CT molecular complexity index is 611. The Labute approximate surface area is 128 Å². The van der Waals surface area contributed by atoms with Crippen molar-refractivity contribution in [2.45, 2.75) is 30.6 Å². The standard InChI is InChI=1S/C13H17ClO6S/c1-19-10-8-12(21(14,17)18)11(20-2)7-9(10)5-3-4-6-13(15)16/h7-8H,3-6H2,1-2H3,(H,15,16). The summed E-state index contributed by atoms with van der Waals surface area (Å²) in [6, 6.07) is 2.86. The van der Waals surface area contributed by atoms with Crippen LogP contribution in [0.2, 0.25) is 0 Å². The number of aryl methyl sites for hydroxylation is 1. The molecule has 0 saturated carbocycles. The average Bonchev–Trinajstić information content (AvgIpc) is 2.41. The normalized spacial score (nSPS) is 11.2. The molecule has 0 unspecified atom stereocenters. The molecule has 1 aromatic rings. The quantitative estimate of drug-likeness (QED) is 0.579. The molecule has 1 aromatic carbocycles. The molecule has 1 rings (SSSR count). The van der Waals surface area contributed by atoms with E-state index in [2.05, 4.69) is 0 Å². The Balaban J connectivity index is 3.02. The molecule has 0 atom stereocenters. The van der Waals surface area contributed by atoms with Gasteiger partial charge in [0.15, 0.2) is 0 Å². The zero-order valence-corrected chi connectivity index (χ0v) is 13.3. The lowest BCUT2D eigenvalue weighted by Crippen LogP contribution is -2.01. The fraction of sp³-hybridized carbons (Fsp3) is 0.462. The second-order valence-electron chi connectivity index (χ2n) is 4.35. The Kier molecular flexibility index (Phi) is 6.29. The molecule has 0 fully saturated rings. The average molecular weight is 337 g/mol. The Morgan fingerprint density at radius 2 is 1.81 bits per heavy atom. The number of carboxylic acids is 1. The van der Waals surface area contributed by atoms with Gasteiger partial charge in [-0.15, -0.1) is 0 Å². The van der Waals surface area contributed by atoms with Crippen molar-refractivity contribution in [1.29, 1.82) is 0 Å². The number of benzene rings is 1. The second kappa shape index (κ2) is 7.51. The SMILES string of the molecule is COc1cc(S(=O)(=O)Cl)c(OC)cc1CCCCC(=O)O. The highest BCUT2D eigenvalue weighted by molar-refractivity contribution is 8.13. The molecule has 0 radical (unpaired) electrons. The number of carboxylic acid groups (broad SMARTS) is 1. The summed E-state index contributed by atoms with van der Waals surface area (Å²) in [4.78, 5) is 10.3. The summed E-state index contributed by atoms with van der Waals surface area (Å²) in [5, 5.41) is 8.59. The molecule has 0 heterocycles. The highest BCUT2D eigenvalue weighted by Crippen LogP contribution is 2.34. The Hall–Kier alpha value is -1.47. The van der Waals surface area contributed by atoms with Gasteiger partial charge in [-0.3, -0.25) is 4.79 Å². The van der Waals surface area contributed by atoms with Crippen LogP contribution in [-0.2, 0) is 20.3 Å². The third kappa shape index (κ3) is 5.09. The van der Waals surface area contributed by atoms with Crippen molar-refractivity contribution in [2.24, 2.45) is 0 Å². The number of halogens is 1. The molecular weight excluding hydrogens is 320 g/mol. The second-order valence-corrected chi connectivity index (χ2v) is 6.89. The highest BCUT2D eigenvalue weighted by Gasteiger charge is 2.20. The number of rotatable bonds is 8. The van der Waals surface area contributed by atoms with Gasteiger partial charge in [0.1, 0.15) is 16.4 Å². The Morgan fingerprint density at radius 3 is 2.29 bits per heavy atom. The van der Waals surface area contributed by atoms with Crippen LogP contribution in [0.15, 0.2) is 17.0 Å². The molecule has 0 aromatic heterocycles. The number of carbonyl (C=O) groups is 1. The lowest BCUT2D eigenvalue weighted by Gasteiger charge is -2.13. The molecule has 21 heavy (non-hydrogen) atoms. The van der Waals surface area contributed by atoms with Gasteiger partial charge in [-0.1, -0.05) is 0 Å². The van der Waals surface area contributed by atoms with Gasteiger partial charge in [0.05, 0.1) is 14.2 Å². The first kappa shape index (κ1) is 17.6. The maximum absolute atomic E-state index is 11.5. The van der Waals surface area contributed by atoms with Crippen LogP contribution in [0.1, 0.15) is 24.8 Å². The molecule has 1 N–H and O–H groups in total. The molecule has 0 aliphatic heterocycles. The molecule has 0 saturated heterocycles. The van der Waals surface area contributed by atoms with E-state index < -0.39 is 15.0 Å². The summed E-state index contributed by atoms with van der Waals surface area (Å²) in [5.74, 6) is -0.326. The van der Waals surface area contributed by atoms with Crippen LogP contribution < -0.4 is 9.47 Å². The summed E-state index contributed by atoms with van der Waals surface area (Å²) >= 11 is 0. The van der Waals surface area contributed by atoms with E-state index in [0.717, 1.165) is 5.56 Å². The van der Waals surface area contributed by atoms with Gasteiger partial charge in [0, 0.05) is 23.2 Å². The van der Waals surface area contributed by atoms with Gasteiger partial charge in [-0.25, -0.2) is 8.42 Å². The van der Waals surface area contributed by atoms with Crippen molar-refractivity contribution in [3.63, 3.8) is 0 Å². The van der Waals surface area contributed by atoms with E-state index in [0.29, 0.717) is 25.0 Å². The van der Waals surface area contributed by atoms with Crippen LogP contribution in [0.5, 0.6) is 11.5 Å². The summed E-state index contributed by atoms with van der Waals surface area (Å²) < 4.78 is 33.2. The molecular formula is C13H17ClO6S. The van der Waals surface area contributed by atoms with Crippen molar-refractivity contribution >= 4 is 25.7 Å². The molecule has 6 nitrogen and oxygen atoms in total. The Morgan fingerprint density at radius 1 is 1.19 bits per heavy atom. The van der Waals surface area contributed by atoms with Crippen molar-refractivity contribution in [2.75, 3.05) is 14.2 Å². The van der Waals surface area contributed by atoms with Crippen molar-refractivity contribution in [3.8, 4) is 11.5 Å². The van der Waals surface area contributed by atoms with Crippen LogP contribution in [0, 0.1) is 0 Å². The largest absolute Gasteiger partial charge is 0.496 e. The minimum Gasteiger partial charge on any atom is -0.496 e. The summed E-state index contributed by atoms with van der Waals surface area (Å²) in [7, 11) is 4.19. The molecule has 0 bridgehead atoms. The van der Waals surface area contributed by atoms with E-state index >= 15 is 0 Å². The smallest absolute Gasteiger partial charge is 0.303 e. The number of methoxy groups -OCH3 is 2. The number of hydrogen-bond donors (Lipinski definition) is 1. The number of ether oxygens (including phenoxy) is 2. The molecule has 8 heteroatoms. The van der Waals surface area contributed by atoms with Gasteiger partial charge in [-0.05, 0) is 30.9 Å². The lowest BCUT2D eigenvalue weighted by atomic mass is 10.1. The van der Waals surface area contributed by atoms with Gasteiger partial charge < -0.3 is 14.6 Å². The van der Waals surface area contributed by atoms with Gasteiger partial charge in [0.2, 0.25) is 0 Å². The van der Waals surface area contributed by atoms with Crippen LogP contribution in [0.25, 0.3) is 0 Å². The zero-order valence-electron chi connectivity index (χ0n) is 11.8. The predicted molar refractivity (Wildman–Crippen MR) is 77.8 cm³/mol. The molecule has 118 valence electrons. The van der Waals surface area contributed by atoms with Crippen molar-refractivity contribution in [3.05, 3.63) is 17.7 Å². The van der Waals surface area contributed by atoms with Gasteiger partial charge in [0.25, 0.3) is 9.05 Å². The first-order valence-corrected chi connectivity index (χ1v) is 8.52. The number of aliphatic carboxylic acids is 1. The van der Waals surface area contributed by atoms with Crippen molar-refractivity contribution in [1.82, 2.24) is 0 Å². The third-order valence-corrected chi connectivity index (χ3v) is 4.26. The third-order valence-electron chi connectivity index (χ3n) is 2.92. The predicted octanol–water partition coefficient (Wildman–Crippen LogP) is 2.43. The molecule has 0 amide bonds. The van der Waals surface area contributed by atoms with E-state index in [4.69, 9.17) is 25.3 Å². The minimum atomic E-state index is -3.94. The zero-order chi connectivity index (χ0) is 16.0. The van der Waals surface area contributed by atoms with Crippen LogP contribution in [0.3, 0.4) is 0 Å². The number of hydrogen-bond acceptors (Lipinski definition) is 5. The summed E-state index contributed by atoms with van der Waals surface area (Å²) in [6.07, 6.45) is 1.80. The first-order valence-electron chi connectivity index (χ1n) is 6.21. The molecule has 0 aliphatic rings.